The van der Waals surface area contributed by atoms with Crippen LogP contribution < -0.4 is 5.73 Å². The number of carboxylic acid groups (broad SMARTS) is 1. The number of aliphatic hydroxyl groups is 1. The number of nitrogens with zero attached hydrogens (tertiary/aromatic N) is 1. The van der Waals surface area contributed by atoms with E-state index in [-0.39, 0.29) is 24.0 Å². The molecular formula is C11H14N2O7S. The second-order valence-electron chi connectivity index (χ2n) is 4.44. The number of fused-ring (bicyclic) bond motifs is 1. The molecule has 2 rings (SSSR count). The lowest BCUT2D eigenvalue weighted by atomic mass is 9.92. The standard InChI is InChI=1S/C11H14N2O7S/c1-4(14)5-7(15)13-6(9(16)17)10(21-8(5)13)19-2-3-20-11(12)18/h4-5,8,14H,2-3H2,1H3,(H2,12,18)(H,16,17)/t4-,5+,8-/m1/s1. The number of ether oxygens (including phenoxy) is 2. The highest BCUT2D eigenvalue weighted by Crippen LogP contribution is 2.50. The zero-order valence-corrected chi connectivity index (χ0v) is 11.8. The van der Waals surface area contributed by atoms with Crippen molar-refractivity contribution < 1.29 is 34.1 Å². The minimum absolute atomic E-state index is 0.0528. The Kier molecular flexibility index (Phi) is 4.28. The molecule has 21 heavy (non-hydrogen) atoms. The summed E-state index contributed by atoms with van der Waals surface area (Å²) in [4.78, 5) is 34.6. The van der Waals surface area contributed by atoms with Crippen molar-refractivity contribution >= 4 is 29.7 Å². The predicted octanol–water partition coefficient (Wildman–Crippen LogP) is -0.736. The van der Waals surface area contributed by atoms with Crippen molar-refractivity contribution in [3.8, 4) is 0 Å². The summed E-state index contributed by atoms with van der Waals surface area (Å²) in [5.41, 5.74) is 4.52. The van der Waals surface area contributed by atoms with Crippen LogP contribution in [0.4, 0.5) is 4.79 Å². The fourth-order valence-electron chi connectivity index (χ4n) is 2.13. The zero-order valence-electron chi connectivity index (χ0n) is 11.0. The average Bonchev–Trinajstić information content (AvgIpc) is 2.68. The second-order valence-corrected chi connectivity index (χ2v) is 5.53. The van der Waals surface area contributed by atoms with Crippen LogP contribution in [-0.4, -0.2) is 57.8 Å². The van der Waals surface area contributed by atoms with Gasteiger partial charge in [0.1, 0.15) is 18.6 Å². The Morgan fingerprint density at radius 2 is 2.14 bits per heavy atom. The Bertz CT molecular complexity index is 519. The highest BCUT2D eigenvalue weighted by atomic mass is 32.2. The van der Waals surface area contributed by atoms with Crippen LogP contribution in [0.2, 0.25) is 0 Å². The molecule has 10 heteroatoms. The molecule has 0 spiro atoms. The summed E-state index contributed by atoms with van der Waals surface area (Å²) in [5, 5.41) is 18.3. The third-order valence-corrected chi connectivity index (χ3v) is 4.30. The van der Waals surface area contributed by atoms with Crippen LogP contribution in [-0.2, 0) is 19.1 Å². The molecule has 9 nitrogen and oxygen atoms in total. The number of nitrogens with two attached hydrogens (primary N) is 1. The Morgan fingerprint density at radius 3 is 2.67 bits per heavy atom. The van der Waals surface area contributed by atoms with Gasteiger partial charge in [-0.2, -0.15) is 0 Å². The van der Waals surface area contributed by atoms with Gasteiger partial charge in [-0.05, 0) is 6.92 Å². The third-order valence-electron chi connectivity index (χ3n) is 3.03. The SMILES string of the molecule is C[C@@H](O)[C@H]1C(=O)N2C(C(=O)O)=C(OCCOC(N)=O)S[C@H]12. The lowest BCUT2D eigenvalue weighted by Gasteiger charge is -2.43. The van der Waals surface area contributed by atoms with Crippen molar-refractivity contribution in [3.63, 3.8) is 0 Å². The van der Waals surface area contributed by atoms with Crippen LogP contribution in [0.15, 0.2) is 10.8 Å². The van der Waals surface area contributed by atoms with Crippen molar-refractivity contribution in [2.45, 2.75) is 18.4 Å². The summed E-state index contributed by atoms with van der Waals surface area (Å²) in [6.45, 7) is 1.25. The summed E-state index contributed by atoms with van der Waals surface area (Å²) < 4.78 is 9.70. The minimum Gasteiger partial charge on any atom is -0.481 e. The number of amides is 2. The van der Waals surface area contributed by atoms with Gasteiger partial charge in [0.15, 0.2) is 10.8 Å². The van der Waals surface area contributed by atoms with Crippen molar-refractivity contribution in [2.75, 3.05) is 13.2 Å². The summed E-state index contributed by atoms with van der Waals surface area (Å²) in [6.07, 6.45) is -1.84. The highest BCUT2D eigenvalue weighted by Gasteiger charge is 2.58. The fourth-order valence-corrected chi connectivity index (χ4v) is 3.60. The monoisotopic (exact) mass is 318 g/mol. The van der Waals surface area contributed by atoms with E-state index < -0.39 is 35.4 Å². The molecule has 0 aromatic rings. The number of β-lactam (4-membered cyclic amide) rings is 1. The van der Waals surface area contributed by atoms with Gasteiger partial charge in [0.05, 0.1) is 12.0 Å². The predicted molar refractivity (Wildman–Crippen MR) is 69.5 cm³/mol. The Labute approximate surface area is 123 Å². The summed E-state index contributed by atoms with van der Waals surface area (Å²) >= 11 is 1.05. The van der Waals surface area contributed by atoms with Gasteiger partial charge in [-0.15, -0.1) is 0 Å². The molecule has 2 amide bonds. The molecule has 4 N–H and O–H groups in total. The molecule has 1 saturated heterocycles. The summed E-state index contributed by atoms with van der Waals surface area (Å²) in [7, 11) is 0. The first kappa shape index (κ1) is 15.4. The molecule has 0 bridgehead atoms. The van der Waals surface area contributed by atoms with Crippen LogP contribution >= 0.6 is 11.8 Å². The second kappa shape index (κ2) is 5.82. The molecule has 0 radical (unpaired) electrons. The molecule has 0 aromatic carbocycles. The Hall–Kier alpha value is -1.94. The molecule has 0 unspecified atom stereocenters. The van der Waals surface area contributed by atoms with Gasteiger partial charge in [0, 0.05) is 0 Å². The molecule has 2 heterocycles. The van der Waals surface area contributed by atoms with Crippen LogP contribution in [0.3, 0.4) is 0 Å². The maximum atomic E-state index is 11.9. The molecule has 1 fully saturated rings. The number of carbonyl (C=O) groups is 3. The number of aliphatic hydroxyl groups excluding tert-OH is 1. The first-order chi connectivity index (χ1) is 9.84. The molecule has 116 valence electrons. The summed E-state index contributed by atoms with van der Waals surface area (Å²) in [5.74, 6) is -2.41. The van der Waals surface area contributed by atoms with E-state index in [2.05, 4.69) is 4.74 Å². The van der Waals surface area contributed by atoms with Gasteiger partial charge in [-0.3, -0.25) is 9.69 Å². The molecule has 0 saturated carbocycles. The van der Waals surface area contributed by atoms with E-state index in [4.69, 9.17) is 10.5 Å². The maximum Gasteiger partial charge on any atom is 0.404 e. The number of primary amides is 1. The van der Waals surface area contributed by atoms with E-state index in [0.717, 1.165) is 16.7 Å². The third kappa shape index (κ3) is 2.76. The van der Waals surface area contributed by atoms with Crippen LogP contribution in [0.25, 0.3) is 0 Å². The minimum atomic E-state index is -1.30. The topological polar surface area (TPSA) is 139 Å². The number of aliphatic carboxylic acids is 1. The normalized spacial score (nSPS) is 25.2. The lowest BCUT2D eigenvalue weighted by molar-refractivity contribution is -0.156. The number of carboxylic acids is 1. The van der Waals surface area contributed by atoms with Crippen molar-refractivity contribution in [3.05, 3.63) is 10.8 Å². The Morgan fingerprint density at radius 1 is 1.48 bits per heavy atom. The number of carbonyl (C=O) groups excluding carboxylic acids is 2. The van der Waals surface area contributed by atoms with Crippen LogP contribution in [0.1, 0.15) is 6.92 Å². The largest absolute Gasteiger partial charge is 0.481 e. The van der Waals surface area contributed by atoms with E-state index >= 15 is 0 Å². The first-order valence-corrected chi connectivity index (χ1v) is 6.93. The van der Waals surface area contributed by atoms with E-state index in [1.54, 1.807) is 0 Å². The molecular weight excluding hydrogens is 304 g/mol. The van der Waals surface area contributed by atoms with E-state index in [1.165, 1.54) is 6.92 Å². The van der Waals surface area contributed by atoms with Gasteiger partial charge in [-0.1, -0.05) is 11.8 Å². The van der Waals surface area contributed by atoms with Gasteiger partial charge in [0.2, 0.25) is 5.91 Å². The van der Waals surface area contributed by atoms with Crippen molar-refractivity contribution in [1.82, 2.24) is 4.90 Å². The highest BCUT2D eigenvalue weighted by molar-refractivity contribution is 8.03. The molecule has 2 aliphatic rings. The fraction of sp³-hybridized carbons (Fsp3) is 0.545. The molecule has 0 aliphatic carbocycles. The summed E-state index contributed by atoms with van der Waals surface area (Å²) in [6, 6.07) is 0. The Balaban J connectivity index is 2.04. The molecule has 2 aliphatic heterocycles. The van der Waals surface area contributed by atoms with Crippen molar-refractivity contribution in [1.29, 1.82) is 0 Å². The van der Waals surface area contributed by atoms with E-state index in [0.29, 0.717) is 0 Å². The van der Waals surface area contributed by atoms with Gasteiger partial charge >= 0.3 is 12.1 Å². The van der Waals surface area contributed by atoms with Crippen LogP contribution in [0, 0.1) is 5.92 Å². The number of hydrogen-bond acceptors (Lipinski definition) is 7. The van der Waals surface area contributed by atoms with E-state index in [1.807, 2.05) is 0 Å². The van der Waals surface area contributed by atoms with Gasteiger partial charge in [0.25, 0.3) is 0 Å². The van der Waals surface area contributed by atoms with E-state index in [9.17, 15) is 24.6 Å². The smallest absolute Gasteiger partial charge is 0.404 e. The first-order valence-electron chi connectivity index (χ1n) is 6.05. The van der Waals surface area contributed by atoms with Crippen LogP contribution in [0.5, 0.6) is 0 Å². The van der Waals surface area contributed by atoms with Gasteiger partial charge in [-0.25, -0.2) is 9.59 Å². The zero-order chi connectivity index (χ0) is 15.7. The quantitative estimate of drug-likeness (QED) is 0.430. The van der Waals surface area contributed by atoms with Gasteiger partial charge < -0.3 is 25.4 Å². The maximum absolute atomic E-state index is 11.9. The molecule has 0 aromatic heterocycles. The molecule has 3 atom stereocenters. The average molecular weight is 318 g/mol. The number of thioether (sulfide) groups is 1. The lowest BCUT2D eigenvalue weighted by Crippen LogP contribution is -2.60. The number of hydrogen-bond donors (Lipinski definition) is 3. The number of rotatable bonds is 6. The van der Waals surface area contributed by atoms with Crippen molar-refractivity contribution in [2.24, 2.45) is 11.7 Å².